The zero-order valence-corrected chi connectivity index (χ0v) is 7.36. The number of nitrogens with one attached hydrogen (secondary N) is 1. The van der Waals surface area contributed by atoms with Crippen LogP contribution >= 0.6 is 0 Å². The second-order valence-electron chi connectivity index (χ2n) is 3.08. The van der Waals surface area contributed by atoms with Gasteiger partial charge < -0.3 is 4.98 Å². The molecule has 1 aliphatic heterocycles. The highest BCUT2D eigenvalue weighted by Gasteiger charge is 1.99. The van der Waals surface area contributed by atoms with Crippen molar-refractivity contribution in [2.24, 2.45) is 9.98 Å². The maximum atomic E-state index is 4.28. The van der Waals surface area contributed by atoms with Crippen LogP contribution in [0.15, 0.2) is 40.5 Å². The molecule has 14 heavy (non-hydrogen) atoms. The van der Waals surface area contributed by atoms with E-state index in [-0.39, 0.29) is 0 Å². The molecular formula is C11H7N3. The maximum absolute atomic E-state index is 4.28. The van der Waals surface area contributed by atoms with Crippen molar-refractivity contribution in [2.75, 3.05) is 0 Å². The molecule has 0 radical (unpaired) electrons. The Labute approximate surface area is 79.8 Å². The summed E-state index contributed by atoms with van der Waals surface area (Å²) >= 11 is 0. The summed E-state index contributed by atoms with van der Waals surface area (Å²) in [6.07, 6.45) is 3.32. The number of aromatic nitrogens is 1. The molecule has 1 aromatic carbocycles. The molecule has 0 unspecified atom stereocenters. The van der Waals surface area contributed by atoms with Gasteiger partial charge in [0.25, 0.3) is 0 Å². The number of hydrogen-bond acceptors (Lipinski definition) is 2. The number of benzene rings is 1. The largest absolute Gasteiger partial charge is 0.352 e. The van der Waals surface area contributed by atoms with Crippen molar-refractivity contribution in [1.29, 1.82) is 0 Å². The molecule has 0 fully saturated rings. The molecule has 0 amide bonds. The van der Waals surface area contributed by atoms with E-state index in [9.17, 15) is 0 Å². The summed E-state index contributed by atoms with van der Waals surface area (Å²) in [6.45, 7) is 0. The number of fused-ring (bicyclic) bond motifs is 3. The van der Waals surface area contributed by atoms with Crippen LogP contribution in [0.3, 0.4) is 0 Å². The van der Waals surface area contributed by atoms with Gasteiger partial charge in [0.05, 0.1) is 23.1 Å². The second kappa shape index (κ2) is 2.69. The molecule has 66 valence electrons. The highest BCUT2D eigenvalue weighted by molar-refractivity contribution is 5.79. The fourth-order valence-corrected chi connectivity index (χ4v) is 1.61. The van der Waals surface area contributed by atoms with Crippen LogP contribution in [0, 0.1) is 0 Å². The minimum Gasteiger partial charge on any atom is -0.352 e. The molecule has 0 aliphatic carbocycles. The van der Waals surface area contributed by atoms with E-state index >= 15 is 0 Å². The minimum atomic E-state index is 0.937. The molecular weight excluding hydrogens is 174 g/mol. The van der Waals surface area contributed by atoms with Crippen LogP contribution in [0.2, 0.25) is 0 Å². The molecule has 2 aromatic rings. The van der Waals surface area contributed by atoms with Crippen LogP contribution in [0.1, 0.15) is 0 Å². The topological polar surface area (TPSA) is 40.5 Å². The van der Waals surface area contributed by atoms with Crippen molar-refractivity contribution >= 4 is 23.0 Å². The number of aliphatic imine (C=N–C) groups is 1. The van der Waals surface area contributed by atoms with E-state index in [1.54, 1.807) is 12.4 Å². The Morgan fingerprint density at radius 3 is 3.14 bits per heavy atom. The average molecular weight is 181 g/mol. The van der Waals surface area contributed by atoms with Gasteiger partial charge in [-0.15, -0.1) is 0 Å². The molecule has 3 heteroatoms. The van der Waals surface area contributed by atoms with Crippen molar-refractivity contribution in [3.05, 3.63) is 41.2 Å². The van der Waals surface area contributed by atoms with E-state index in [4.69, 9.17) is 0 Å². The molecule has 2 heterocycles. The maximum Gasteiger partial charge on any atom is 0.0981 e. The summed E-state index contributed by atoms with van der Waals surface area (Å²) in [7, 11) is 0. The predicted octanol–water partition coefficient (Wildman–Crippen LogP) is 0.722. The van der Waals surface area contributed by atoms with Gasteiger partial charge in [-0.3, -0.25) is 0 Å². The van der Waals surface area contributed by atoms with Crippen LogP contribution < -0.4 is 10.7 Å². The number of nitrogens with zero attached hydrogens (tertiary/aromatic N) is 2. The van der Waals surface area contributed by atoms with Gasteiger partial charge in [-0.05, 0) is 6.07 Å². The zero-order chi connectivity index (χ0) is 9.38. The first-order valence-corrected chi connectivity index (χ1v) is 4.37. The van der Waals surface area contributed by atoms with E-state index in [0.717, 1.165) is 21.6 Å². The van der Waals surface area contributed by atoms with Crippen LogP contribution in [0.4, 0.5) is 0 Å². The van der Waals surface area contributed by atoms with E-state index < -0.39 is 0 Å². The van der Waals surface area contributed by atoms with E-state index in [2.05, 4.69) is 20.8 Å². The normalized spacial score (nSPS) is 13.1. The summed E-state index contributed by atoms with van der Waals surface area (Å²) in [5.74, 6) is 2.70. The van der Waals surface area contributed by atoms with Gasteiger partial charge in [-0.25, -0.2) is 9.98 Å². The number of hydrogen-bond donors (Lipinski definition) is 1. The van der Waals surface area contributed by atoms with Crippen LogP contribution in [-0.2, 0) is 0 Å². The molecule has 0 saturated carbocycles. The summed E-state index contributed by atoms with van der Waals surface area (Å²) in [5, 5.41) is 3.00. The number of aromatic amines is 1. The van der Waals surface area contributed by atoms with E-state index in [1.807, 2.05) is 24.3 Å². The summed E-state index contributed by atoms with van der Waals surface area (Å²) in [4.78, 5) is 11.5. The molecule has 1 aromatic heterocycles. The highest BCUT2D eigenvalue weighted by Crippen LogP contribution is 2.03. The first-order chi connectivity index (χ1) is 6.95. The Morgan fingerprint density at radius 1 is 1.21 bits per heavy atom. The standard InChI is InChI=1S/C11H7N3/c1-2-4-9-8(3-1)11-10(14-9)7-12-5-6-13-11/h1-4,6-7,14H. The van der Waals surface area contributed by atoms with Crippen molar-refractivity contribution in [1.82, 2.24) is 4.98 Å². The Kier molecular flexibility index (Phi) is 1.40. The average Bonchev–Trinajstić information content (AvgIpc) is 2.42. The first-order valence-electron chi connectivity index (χ1n) is 4.37. The third-order valence-electron chi connectivity index (χ3n) is 2.23. The molecule has 1 aliphatic rings. The SMILES string of the molecule is C1=CN=c2c([nH]c3ccccc23)=CN=1. The molecule has 0 saturated heterocycles. The van der Waals surface area contributed by atoms with Crippen LogP contribution in [0.5, 0.6) is 0 Å². The number of H-pyrrole nitrogens is 1. The Hall–Kier alpha value is -2.12. The second-order valence-corrected chi connectivity index (χ2v) is 3.08. The third kappa shape index (κ3) is 0.934. The zero-order valence-electron chi connectivity index (χ0n) is 7.36. The molecule has 0 atom stereocenters. The van der Waals surface area contributed by atoms with Crippen molar-refractivity contribution in [3.63, 3.8) is 0 Å². The van der Waals surface area contributed by atoms with Gasteiger partial charge in [-0.1, -0.05) is 18.2 Å². The fraction of sp³-hybridized carbons (Fsp3) is 0. The minimum absolute atomic E-state index is 0.937. The van der Waals surface area contributed by atoms with Gasteiger partial charge in [0, 0.05) is 16.8 Å². The molecule has 1 N–H and O–H groups in total. The summed E-state index contributed by atoms with van der Waals surface area (Å²) < 4.78 is 0. The lowest BCUT2D eigenvalue weighted by molar-refractivity contribution is 1.28. The fourth-order valence-electron chi connectivity index (χ4n) is 1.61. The van der Waals surface area contributed by atoms with E-state index in [1.165, 1.54) is 0 Å². The van der Waals surface area contributed by atoms with Gasteiger partial charge in [0.1, 0.15) is 0 Å². The highest BCUT2D eigenvalue weighted by atomic mass is 14.8. The van der Waals surface area contributed by atoms with Crippen LogP contribution in [-0.4, -0.2) is 10.9 Å². The van der Waals surface area contributed by atoms with Gasteiger partial charge in [0.15, 0.2) is 0 Å². The molecule has 0 spiro atoms. The number of rotatable bonds is 0. The van der Waals surface area contributed by atoms with Gasteiger partial charge in [0.2, 0.25) is 0 Å². The van der Waals surface area contributed by atoms with Crippen LogP contribution in [0.25, 0.3) is 17.1 Å². The third-order valence-corrected chi connectivity index (χ3v) is 2.23. The van der Waals surface area contributed by atoms with Crippen molar-refractivity contribution in [2.45, 2.75) is 0 Å². The van der Waals surface area contributed by atoms with Crippen molar-refractivity contribution < 1.29 is 0 Å². The number of para-hydroxylation sites is 1. The van der Waals surface area contributed by atoms with Gasteiger partial charge in [-0.2, -0.15) is 0 Å². The lowest BCUT2D eigenvalue weighted by Crippen LogP contribution is -2.21. The summed E-state index contributed by atoms with van der Waals surface area (Å²) in [6, 6.07) is 8.07. The predicted molar refractivity (Wildman–Crippen MR) is 55.5 cm³/mol. The lowest BCUT2D eigenvalue weighted by Gasteiger charge is -1.84. The summed E-state index contributed by atoms with van der Waals surface area (Å²) in [5.41, 5.74) is 1.09. The first kappa shape index (κ1) is 7.30. The molecule has 3 nitrogen and oxygen atoms in total. The van der Waals surface area contributed by atoms with E-state index in [0.29, 0.717) is 0 Å². The lowest BCUT2D eigenvalue weighted by atomic mass is 10.2. The monoisotopic (exact) mass is 181 g/mol. The quantitative estimate of drug-likeness (QED) is 0.622. The molecule has 3 rings (SSSR count). The smallest absolute Gasteiger partial charge is 0.0981 e. The van der Waals surface area contributed by atoms with Gasteiger partial charge >= 0.3 is 0 Å². The Bertz CT molecular complexity index is 670. The Morgan fingerprint density at radius 2 is 2.14 bits per heavy atom. The van der Waals surface area contributed by atoms with Crippen molar-refractivity contribution in [3.8, 4) is 0 Å². The Balaban J connectivity index is 2.63. The molecule has 0 bridgehead atoms.